The van der Waals surface area contributed by atoms with Gasteiger partial charge < -0.3 is 0 Å². The maximum atomic E-state index is 12.1. The molecule has 0 saturated heterocycles. The fourth-order valence-electron chi connectivity index (χ4n) is 2.83. The monoisotopic (exact) mass is 226 g/mol. The second-order valence-corrected chi connectivity index (χ2v) is 4.88. The molecule has 2 aliphatic rings. The van der Waals surface area contributed by atoms with Crippen LogP contribution in [-0.2, 0) is 11.2 Å². The largest absolute Gasteiger partial charge is 0.295 e. The first kappa shape index (κ1) is 10.5. The van der Waals surface area contributed by atoms with E-state index in [0.29, 0.717) is 12.8 Å². The summed E-state index contributed by atoms with van der Waals surface area (Å²) in [7, 11) is 0. The Kier molecular flexibility index (Phi) is 2.43. The molecule has 0 aliphatic heterocycles. The molecule has 0 amide bonds. The number of benzene rings is 1. The van der Waals surface area contributed by atoms with Crippen LogP contribution in [0.2, 0.25) is 0 Å². The van der Waals surface area contributed by atoms with Crippen molar-refractivity contribution < 1.29 is 9.59 Å². The molecule has 1 atom stereocenters. The van der Waals surface area contributed by atoms with E-state index in [4.69, 9.17) is 0 Å². The van der Waals surface area contributed by atoms with Crippen molar-refractivity contribution in [2.45, 2.75) is 25.7 Å². The van der Waals surface area contributed by atoms with Crippen LogP contribution in [0, 0.1) is 5.92 Å². The molecule has 17 heavy (non-hydrogen) atoms. The first-order chi connectivity index (χ1) is 8.24. The van der Waals surface area contributed by atoms with Gasteiger partial charge in [-0.05, 0) is 30.4 Å². The van der Waals surface area contributed by atoms with Crippen LogP contribution < -0.4 is 0 Å². The molecule has 0 saturated carbocycles. The van der Waals surface area contributed by atoms with Crippen LogP contribution in [0.5, 0.6) is 0 Å². The Labute approximate surface area is 100 Å². The van der Waals surface area contributed by atoms with Crippen LogP contribution in [0.4, 0.5) is 0 Å². The maximum Gasteiger partial charge on any atom is 0.163 e. The van der Waals surface area contributed by atoms with Crippen molar-refractivity contribution in [2.75, 3.05) is 0 Å². The highest BCUT2D eigenvalue weighted by molar-refractivity contribution is 5.99. The van der Waals surface area contributed by atoms with E-state index >= 15 is 0 Å². The lowest BCUT2D eigenvalue weighted by Crippen LogP contribution is -2.16. The van der Waals surface area contributed by atoms with E-state index in [2.05, 4.69) is 0 Å². The predicted octanol–water partition coefficient (Wildman–Crippen LogP) is 2.72. The van der Waals surface area contributed by atoms with E-state index in [0.717, 1.165) is 29.5 Å². The van der Waals surface area contributed by atoms with E-state index in [1.807, 2.05) is 24.3 Å². The molecular formula is C15H14O2. The van der Waals surface area contributed by atoms with Crippen molar-refractivity contribution >= 4 is 11.6 Å². The Bertz CT molecular complexity index is 525. The smallest absolute Gasteiger partial charge is 0.163 e. The summed E-state index contributed by atoms with van der Waals surface area (Å²) in [5.74, 6) is 0.721. The molecule has 2 aliphatic carbocycles. The Morgan fingerprint density at radius 1 is 1.12 bits per heavy atom. The average molecular weight is 226 g/mol. The van der Waals surface area contributed by atoms with Gasteiger partial charge in [0.25, 0.3) is 0 Å². The highest BCUT2D eigenvalue weighted by Crippen LogP contribution is 2.34. The predicted molar refractivity (Wildman–Crippen MR) is 64.9 cm³/mol. The molecule has 1 unspecified atom stereocenters. The van der Waals surface area contributed by atoms with E-state index in [9.17, 15) is 9.59 Å². The summed E-state index contributed by atoms with van der Waals surface area (Å²) < 4.78 is 0. The zero-order chi connectivity index (χ0) is 11.8. The quantitative estimate of drug-likeness (QED) is 0.681. The van der Waals surface area contributed by atoms with Crippen molar-refractivity contribution in [1.82, 2.24) is 0 Å². The summed E-state index contributed by atoms with van der Waals surface area (Å²) in [5, 5.41) is 0. The molecule has 2 heteroatoms. The van der Waals surface area contributed by atoms with Crippen LogP contribution in [0.3, 0.4) is 0 Å². The van der Waals surface area contributed by atoms with Crippen LogP contribution in [0.15, 0.2) is 35.9 Å². The fourth-order valence-corrected chi connectivity index (χ4v) is 2.83. The number of carbonyl (C=O) groups excluding carboxylic acids is 2. The summed E-state index contributed by atoms with van der Waals surface area (Å²) in [4.78, 5) is 23.6. The molecule has 1 aromatic rings. The number of rotatable bonds is 0. The molecule has 0 N–H and O–H groups in total. The average Bonchev–Trinajstić information content (AvgIpc) is 2.46. The molecule has 0 radical (unpaired) electrons. The second-order valence-electron chi connectivity index (χ2n) is 4.88. The van der Waals surface area contributed by atoms with Crippen molar-refractivity contribution in [3.05, 3.63) is 47.0 Å². The number of carbonyl (C=O) groups is 2. The van der Waals surface area contributed by atoms with Crippen molar-refractivity contribution in [1.29, 1.82) is 0 Å². The second kappa shape index (κ2) is 3.95. The molecule has 0 aromatic heterocycles. The molecule has 0 spiro atoms. The first-order valence-corrected chi connectivity index (χ1v) is 6.08. The van der Waals surface area contributed by atoms with Gasteiger partial charge in [0.05, 0.1) is 0 Å². The van der Waals surface area contributed by atoms with Crippen molar-refractivity contribution in [3.8, 4) is 0 Å². The van der Waals surface area contributed by atoms with Crippen molar-refractivity contribution in [3.63, 3.8) is 0 Å². The lowest BCUT2D eigenvalue weighted by molar-refractivity contribution is -0.115. The fraction of sp³-hybridized carbons (Fsp3) is 0.333. The first-order valence-electron chi connectivity index (χ1n) is 6.08. The summed E-state index contributed by atoms with van der Waals surface area (Å²) in [5.41, 5.74) is 3.07. The third-order valence-corrected chi connectivity index (χ3v) is 3.75. The summed E-state index contributed by atoms with van der Waals surface area (Å²) in [6, 6.07) is 7.76. The van der Waals surface area contributed by atoms with Crippen LogP contribution in [0.25, 0.3) is 0 Å². The topological polar surface area (TPSA) is 34.1 Å². The number of ketones is 2. The number of fused-ring (bicyclic) bond motifs is 2. The number of Topliss-reactive ketones (excluding diaryl/α,β-unsaturated/α-hetero) is 1. The lowest BCUT2D eigenvalue weighted by Gasteiger charge is -2.20. The third-order valence-electron chi connectivity index (χ3n) is 3.75. The van der Waals surface area contributed by atoms with Gasteiger partial charge in [-0.15, -0.1) is 0 Å². The Morgan fingerprint density at radius 3 is 2.82 bits per heavy atom. The molecule has 2 nitrogen and oxygen atoms in total. The summed E-state index contributed by atoms with van der Waals surface area (Å²) in [6.07, 6.45) is 4.53. The molecule has 0 fully saturated rings. The Balaban J connectivity index is 2.07. The lowest BCUT2D eigenvalue weighted by atomic mass is 9.83. The molecule has 1 aromatic carbocycles. The van der Waals surface area contributed by atoms with Crippen LogP contribution in [0.1, 0.15) is 35.2 Å². The molecule has 0 bridgehead atoms. The standard InChI is InChI=1S/C15H14O2/c16-13-6-5-10-9-15(17)14-4-2-1-3-11(14)7-12(10)8-13/h1-4,8,10H,5-7,9H2. The third kappa shape index (κ3) is 1.84. The molecule has 3 rings (SSSR count). The maximum absolute atomic E-state index is 12.1. The zero-order valence-corrected chi connectivity index (χ0v) is 9.61. The number of hydrogen-bond acceptors (Lipinski definition) is 2. The van der Waals surface area contributed by atoms with Crippen LogP contribution >= 0.6 is 0 Å². The van der Waals surface area contributed by atoms with Gasteiger partial charge in [-0.25, -0.2) is 0 Å². The zero-order valence-electron chi connectivity index (χ0n) is 9.61. The number of allylic oxidation sites excluding steroid dienone is 2. The summed E-state index contributed by atoms with van der Waals surface area (Å²) in [6.45, 7) is 0. The molecule has 0 heterocycles. The van der Waals surface area contributed by atoms with E-state index < -0.39 is 0 Å². The van der Waals surface area contributed by atoms with Gasteiger partial charge >= 0.3 is 0 Å². The summed E-state index contributed by atoms with van der Waals surface area (Å²) >= 11 is 0. The molecular weight excluding hydrogens is 212 g/mol. The van der Waals surface area contributed by atoms with E-state index in [1.165, 1.54) is 0 Å². The molecule has 86 valence electrons. The van der Waals surface area contributed by atoms with E-state index in [1.54, 1.807) is 6.08 Å². The highest BCUT2D eigenvalue weighted by Gasteiger charge is 2.28. The van der Waals surface area contributed by atoms with Gasteiger partial charge in [-0.1, -0.05) is 29.8 Å². The van der Waals surface area contributed by atoms with Gasteiger partial charge in [0.15, 0.2) is 11.6 Å². The van der Waals surface area contributed by atoms with Gasteiger partial charge in [0.2, 0.25) is 0 Å². The minimum Gasteiger partial charge on any atom is -0.295 e. The normalized spacial score (nSPS) is 23.5. The van der Waals surface area contributed by atoms with Gasteiger partial charge in [0.1, 0.15) is 0 Å². The van der Waals surface area contributed by atoms with Gasteiger partial charge in [-0.2, -0.15) is 0 Å². The highest BCUT2D eigenvalue weighted by atomic mass is 16.1. The van der Waals surface area contributed by atoms with Gasteiger partial charge in [0, 0.05) is 18.4 Å². The minimum atomic E-state index is 0.211. The van der Waals surface area contributed by atoms with Gasteiger partial charge in [-0.3, -0.25) is 9.59 Å². The Morgan fingerprint density at radius 2 is 1.94 bits per heavy atom. The van der Waals surface area contributed by atoms with Crippen LogP contribution in [-0.4, -0.2) is 11.6 Å². The Hall–Kier alpha value is -1.70. The SMILES string of the molecule is O=C1C=C2Cc3ccccc3C(=O)CC2CC1. The number of hydrogen-bond donors (Lipinski definition) is 0. The minimum absolute atomic E-state index is 0.211. The van der Waals surface area contributed by atoms with E-state index in [-0.39, 0.29) is 17.5 Å². The van der Waals surface area contributed by atoms with Crippen molar-refractivity contribution in [2.24, 2.45) is 5.92 Å².